The second-order valence-electron chi connectivity index (χ2n) is 3.99. The fraction of sp³-hybridized carbons (Fsp3) is 0.154. The number of carbonyl (C=O) groups excluding carboxylic acids is 1. The molecule has 0 radical (unpaired) electrons. The number of amides is 1. The van der Waals surface area contributed by atoms with E-state index < -0.39 is 6.09 Å². The standard InChI is InChI=1S/C13H14N2O4/c1-15-11(16)7-10(12(15)17)14-13(18)19-8-9-5-3-2-4-6-9/h2-7,16-17H,8H2,1H3,(H,14,18). The fourth-order valence-corrected chi connectivity index (χ4v) is 1.54. The van der Waals surface area contributed by atoms with Crippen LogP contribution in [0.15, 0.2) is 36.4 Å². The Kier molecular flexibility index (Phi) is 3.61. The number of hydrogen-bond acceptors (Lipinski definition) is 4. The van der Waals surface area contributed by atoms with E-state index in [4.69, 9.17) is 4.74 Å². The molecule has 6 nitrogen and oxygen atoms in total. The van der Waals surface area contributed by atoms with E-state index in [1.807, 2.05) is 30.3 Å². The van der Waals surface area contributed by atoms with Gasteiger partial charge in [0.25, 0.3) is 0 Å². The molecule has 0 saturated heterocycles. The lowest BCUT2D eigenvalue weighted by Gasteiger charge is -2.06. The van der Waals surface area contributed by atoms with E-state index in [1.165, 1.54) is 13.1 Å². The summed E-state index contributed by atoms with van der Waals surface area (Å²) in [6, 6.07) is 10.5. The molecule has 1 aromatic heterocycles. The van der Waals surface area contributed by atoms with Gasteiger partial charge in [-0.3, -0.25) is 9.88 Å². The smallest absolute Gasteiger partial charge is 0.412 e. The molecule has 0 atom stereocenters. The summed E-state index contributed by atoms with van der Waals surface area (Å²) < 4.78 is 6.12. The maximum absolute atomic E-state index is 11.5. The predicted molar refractivity (Wildman–Crippen MR) is 69.0 cm³/mol. The molecule has 6 heteroatoms. The van der Waals surface area contributed by atoms with Crippen molar-refractivity contribution in [2.45, 2.75) is 6.61 Å². The number of aromatic hydroxyl groups is 2. The summed E-state index contributed by atoms with van der Waals surface area (Å²) >= 11 is 0. The molecule has 0 bridgehead atoms. The van der Waals surface area contributed by atoms with Crippen molar-refractivity contribution < 1.29 is 19.7 Å². The lowest BCUT2D eigenvalue weighted by atomic mass is 10.2. The normalized spacial score (nSPS) is 10.2. The van der Waals surface area contributed by atoms with E-state index in [1.54, 1.807) is 0 Å². The number of nitrogens with zero attached hydrogens (tertiary/aromatic N) is 1. The van der Waals surface area contributed by atoms with E-state index in [9.17, 15) is 15.0 Å². The van der Waals surface area contributed by atoms with Crippen molar-refractivity contribution in [1.29, 1.82) is 0 Å². The molecule has 1 heterocycles. The van der Waals surface area contributed by atoms with Crippen molar-refractivity contribution in [2.75, 3.05) is 5.32 Å². The van der Waals surface area contributed by atoms with Crippen molar-refractivity contribution in [3.63, 3.8) is 0 Å². The molecule has 19 heavy (non-hydrogen) atoms. The Balaban J connectivity index is 1.93. The Bertz CT molecular complexity index is 578. The Hall–Kier alpha value is -2.63. The Labute approximate surface area is 109 Å². The number of ether oxygens (including phenoxy) is 1. The van der Waals surface area contributed by atoms with Crippen LogP contribution in [-0.4, -0.2) is 20.9 Å². The highest BCUT2D eigenvalue weighted by Gasteiger charge is 2.14. The summed E-state index contributed by atoms with van der Waals surface area (Å²) in [5, 5.41) is 21.3. The molecule has 0 aliphatic carbocycles. The van der Waals surface area contributed by atoms with Crippen LogP contribution in [0.2, 0.25) is 0 Å². The first-order valence-electron chi connectivity index (χ1n) is 5.63. The number of hydrogen-bond donors (Lipinski definition) is 3. The van der Waals surface area contributed by atoms with Gasteiger partial charge < -0.3 is 14.9 Å². The molecule has 1 aromatic carbocycles. The minimum Gasteiger partial charge on any atom is -0.494 e. The molecule has 0 aliphatic heterocycles. The highest BCUT2D eigenvalue weighted by molar-refractivity contribution is 5.86. The summed E-state index contributed by atoms with van der Waals surface area (Å²) in [5.74, 6) is -0.398. The molecule has 2 aromatic rings. The molecule has 3 N–H and O–H groups in total. The summed E-state index contributed by atoms with van der Waals surface area (Å²) in [5.41, 5.74) is 0.954. The average Bonchev–Trinajstić information content (AvgIpc) is 2.65. The topological polar surface area (TPSA) is 83.7 Å². The molecule has 1 amide bonds. The van der Waals surface area contributed by atoms with Crippen molar-refractivity contribution in [2.24, 2.45) is 7.05 Å². The van der Waals surface area contributed by atoms with Crippen molar-refractivity contribution in [1.82, 2.24) is 4.57 Å². The molecular formula is C13H14N2O4. The molecule has 0 fully saturated rings. The van der Waals surface area contributed by atoms with Crippen LogP contribution < -0.4 is 5.32 Å². The first-order valence-corrected chi connectivity index (χ1v) is 5.63. The Morgan fingerprint density at radius 2 is 2.00 bits per heavy atom. The Morgan fingerprint density at radius 1 is 1.32 bits per heavy atom. The van der Waals surface area contributed by atoms with Crippen LogP contribution in [0.3, 0.4) is 0 Å². The minimum atomic E-state index is -0.704. The third-order valence-corrected chi connectivity index (χ3v) is 2.63. The van der Waals surface area contributed by atoms with Gasteiger partial charge in [0, 0.05) is 13.1 Å². The van der Waals surface area contributed by atoms with E-state index >= 15 is 0 Å². The number of benzene rings is 1. The SMILES string of the molecule is Cn1c(O)cc(NC(=O)OCc2ccccc2)c1O. The van der Waals surface area contributed by atoms with Crippen molar-refractivity contribution in [3.05, 3.63) is 42.0 Å². The molecule has 100 valence electrons. The number of carbonyl (C=O) groups is 1. The van der Waals surface area contributed by atoms with Crippen molar-refractivity contribution in [3.8, 4) is 11.8 Å². The summed E-state index contributed by atoms with van der Waals surface area (Å²) in [4.78, 5) is 11.5. The number of aromatic nitrogens is 1. The van der Waals surface area contributed by atoms with Gasteiger partial charge in [0.15, 0.2) is 5.88 Å². The zero-order chi connectivity index (χ0) is 13.8. The second kappa shape index (κ2) is 5.34. The van der Waals surface area contributed by atoms with Crippen LogP contribution in [0.25, 0.3) is 0 Å². The molecule has 0 saturated carbocycles. The Morgan fingerprint density at radius 3 is 2.58 bits per heavy atom. The molecule has 2 rings (SSSR count). The summed E-state index contributed by atoms with van der Waals surface area (Å²) in [7, 11) is 1.46. The maximum atomic E-state index is 11.5. The molecule has 0 aliphatic rings. The van der Waals surface area contributed by atoms with Crippen LogP contribution in [0.4, 0.5) is 10.5 Å². The quantitative estimate of drug-likeness (QED) is 0.791. The van der Waals surface area contributed by atoms with E-state index in [-0.39, 0.29) is 24.1 Å². The first kappa shape index (κ1) is 12.8. The third-order valence-electron chi connectivity index (χ3n) is 2.63. The van der Waals surface area contributed by atoms with Gasteiger partial charge in [0.05, 0.1) is 0 Å². The van der Waals surface area contributed by atoms with E-state index in [0.717, 1.165) is 10.1 Å². The number of nitrogens with one attached hydrogen (secondary N) is 1. The number of rotatable bonds is 3. The van der Waals surface area contributed by atoms with E-state index in [0.29, 0.717) is 0 Å². The maximum Gasteiger partial charge on any atom is 0.412 e. The monoisotopic (exact) mass is 262 g/mol. The second-order valence-corrected chi connectivity index (χ2v) is 3.99. The van der Waals surface area contributed by atoms with Gasteiger partial charge in [-0.2, -0.15) is 0 Å². The van der Waals surface area contributed by atoms with Crippen LogP contribution in [0.1, 0.15) is 5.56 Å². The predicted octanol–water partition coefficient (Wildman–Crippen LogP) is 2.19. The van der Waals surface area contributed by atoms with Gasteiger partial charge in [-0.1, -0.05) is 30.3 Å². The summed E-state index contributed by atoms with van der Waals surface area (Å²) in [6.07, 6.45) is -0.704. The van der Waals surface area contributed by atoms with Gasteiger partial charge in [-0.05, 0) is 5.56 Å². The zero-order valence-electron chi connectivity index (χ0n) is 10.3. The molecule has 0 unspecified atom stereocenters. The largest absolute Gasteiger partial charge is 0.494 e. The van der Waals surface area contributed by atoms with Gasteiger partial charge in [0.1, 0.15) is 12.3 Å². The third kappa shape index (κ3) is 2.98. The van der Waals surface area contributed by atoms with E-state index in [2.05, 4.69) is 5.32 Å². The molecule has 0 spiro atoms. The highest BCUT2D eigenvalue weighted by atomic mass is 16.5. The first-order chi connectivity index (χ1) is 9.08. The van der Waals surface area contributed by atoms with Crippen LogP contribution in [-0.2, 0) is 18.4 Å². The lowest BCUT2D eigenvalue weighted by molar-refractivity contribution is 0.155. The zero-order valence-corrected chi connectivity index (χ0v) is 10.3. The average molecular weight is 262 g/mol. The van der Waals surface area contributed by atoms with Gasteiger partial charge in [-0.15, -0.1) is 0 Å². The minimum absolute atomic E-state index is 0.0954. The van der Waals surface area contributed by atoms with Crippen LogP contribution >= 0.6 is 0 Å². The lowest BCUT2D eigenvalue weighted by Crippen LogP contribution is -2.13. The van der Waals surface area contributed by atoms with Gasteiger partial charge in [-0.25, -0.2) is 4.79 Å². The van der Waals surface area contributed by atoms with Crippen LogP contribution in [0, 0.1) is 0 Å². The van der Waals surface area contributed by atoms with Crippen LogP contribution in [0.5, 0.6) is 11.8 Å². The van der Waals surface area contributed by atoms with Crippen molar-refractivity contribution >= 4 is 11.8 Å². The summed E-state index contributed by atoms with van der Waals surface area (Å²) in [6.45, 7) is 0.131. The molecular weight excluding hydrogens is 248 g/mol. The highest BCUT2D eigenvalue weighted by Crippen LogP contribution is 2.30. The van der Waals surface area contributed by atoms with Gasteiger partial charge in [0.2, 0.25) is 5.88 Å². The van der Waals surface area contributed by atoms with Gasteiger partial charge >= 0.3 is 6.09 Å². The number of anilines is 1. The fourth-order valence-electron chi connectivity index (χ4n) is 1.54.